The molecule has 6 nitrogen and oxygen atoms in total. The molecule has 0 saturated carbocycles. The first-order valence-electron chi connectivity index (χ1n) is 8.11. The predicted octanol–water partition coefficient (Wildman–Crippen LogP) is 3.22. The van der Waals surface area contributed by atoms with Crippen LogP contribution in [0.4, 0.5) is 5.69 Å². The highest BCUT2D eigenvalue weighted by molar-refractivity contribution is 7.99. The summed E-state index contributed by atoms with van der Waals surface area (Å²) in [7, 11) is 1.78. The number of hydrogen-bond acceptors (Lipinski definition) is 4. The molecule has 2 N–H and O–H groups in total. The fourth-order valence-electron chi connectivity index (χ4n) is 2.03. The van der Waals surface area contributed by atoms with Crippen LogP contribution in [-0.2, 0) is 6.42 Å². The fourth-order valence-corrected chi connectivity index (χ4v) is 2.25. The molecule has 1 aromatic carbocycles. The molecule has 1 aromatic rings. The summed E-state index contributed by atoms with van der Waals surface area (Å²) in [6.45, 7) is 6.10. The van der Waals surface area contributed by atoms with Crippen LogP contribution in [-0.4, -0.2) is 42.0 Å². The van der Waals surface area contributed by atoms with Crippen molar-refractivity contribution < 1.29 is 4.92 Å². The number of nitrogens with one attached hydrogen (secondary N) is 2. The van der Waals surface area contributed by atoms with Crippen molar-refractivity contribution in [3.05, 3.63) is 39.9 Å². The molecule has 0 fully saturated rings. The Bertz CT molecular complexity index is 544. The van der Waals surface area contributed by atoms with Gasteiger partial charge in [-0.2, -0.15) is 11.8 Å². The number of non-ortho nitro benzene ring substituents is 1. The second-order valence-corrected chi connectivity index (χ2v) is 7.71. The van der Waals surface area contributed by atoms with Crippen LogP contribution in [0.15, 0.2) is 29.3 Å². The topological polar surface area (TPSA) is 79.6 Å². The first-order valence-corrected chi connectivity index (χ1v) is 9.33. The number of nitro groups is 1. The zero-order chi connectivity index (χ0) is 18.0. The molecule has 0 bridgehead atoms. The summed E-state index contributed by atoms with van der Waals surface area (Å²) in [6.07, 6.45) is 5.07. The van der Waals surface area contributed by atoms with Crippen molar-refractivity contribution in [2.24, 2.45) is 4.99 Å². The molecule has 0 spiro atoms. The van der Waals surface area contributed by atoms with Gasteiger partial charge in [0.2, 0.25) is 0 Å². The standard InChI is InChI=1S/C17H28N4O2S/c1-17(2,24-4)13-20-16(18-3)19-12-6-5-7-14-8-10-15(11-9-14)21(22)23/h8-11H,5-7,12-13H2,1-4H3,(H2,18,19,20). The molecule has 0 atom stereocenters. The van der Waals surface area contributed by atoms with Crippen LogP contribution in [0.25, 0.3) is 0 Å². The van der Waals surface area contributed by atoms with Crippen molar-refractivity contribution in [2.45, 2.75) is 37.9 Å². The lowest BCUT2D eigenvalue weighted by Crippen LogP contribution is -2.43. The lowest BCUT2D eigenvalue weighted by molar-refractivity contribution is -0.384. The van der Waals surface area contributed by atoms with Crippen molar-refractivity contribution in [2.75, 3.05) is 26.4 Å². The minimum atomic E-state index is -0.370. The van der Waals surface area contributed by atoms with Gasteiger partial charge in [-0.15, -0.1) is 0 Å². The van der Waals surface area contributed by atoms with E-state index in [2.05, 4.69) is 35.7 Å². The fraction of sp³-hybridized carbons (Fsp3) is 0.588. The maximum Gasteiger partial charge on any atom is 0.269 e. The van der Waals surface area contributed by atoms with Gasteiger partial charge in [-0.1, -0.05) is 12.1 Å². The second-order valence-electron chi connectivity index (χ2n) is 6.20. The Morgan fingerprint density at radius 3 is 2.46 bits per heavy atom. The van der Waals surface area contributed by atoms with Crippen LogP contribution >= 0.6 is 11.8 Å². The highest BCUT2D eigenvalue weighted by atomic mass is 32.2. The maximum atomic E-state index is 10.6. The number of rotatable bonds is 9. The number of benzene rings is 1. The molecule has 0 aromatic heterocycles. The highest BCUT2D eigenvalue weighted by Gasteiger charge is 2.15. The number of guanidine groups is 1. The van der Waals surface area contributed by atoms with E-state index in [1.165, 1.54) is 0 Å². The molecule has 0 amide bonds. The largest absolute Gasteiger partial charge is 0.356 e. The average molecular weight is 353 g/mol. The Morgan fingerprint density at radius 1 is 1.25 bits per heavy atom. The summed E-state index contributed by atoms with van der Waals surface area (Å²) in [5.74, 6) is 0.826. The van der Waals surface area contributed by atoms with Crippen LogP contribution in [0.5, 0.6) is 0 Å². The van der Waals surface area contributed by atoms with Gasteiger partial charge in [-0.3, -0.25) is 15.1 Å². The quantitative estimate of drug-likeness (QED) is 0.234. The van der Waals surface area contributed by atoms with Gasteiger partial charge < -0.3 is 10.6 Å². The summed E-state index contributed by atoms with van der Waals surface area (Å²) >= 11 is 1.82. The Balaban J connectivity index is 2.23. The number of aryl methyl sites for hydroxylation is 1. The molecule has 0 aliphatic carbocycles. The van der Waals surface area contributed by atoms with Crippen molar-refractivity contribution in [1.82, 2.24) is 10.6 Å². The summed E-state index contributed by atoms with van der Waals surface area (Å²) in [5.41, 5.74) is 1.27. The van der Waals surface area contributed by atoms with Gasteiger partial charge in [-0.05, 0) is 44.9 Å². The molecular formula is C17H28N4O2S. The summed E-state index contributed by atoms with van der Waals surface area (Å²) in [5, 5.41) is 17.3. The first-order chi connectivity index (χ1) is 11.4. The number of nitrogens with zero attached hydrogens (tertiary/aromatic N) is 2. The molecule has 0 aliphatic heterocycles. The monoisotopic (exact) mass is 352 g/mol. The normalized spacial score (nSPS) is 12.1. The van der Waals surface area contributed by atoms with Gasteiger partial charge in [0.15, 0.2) is 5.96 Å². The van der Waals surface area contributed by atoms with Crippen molar-refractivity contribution in [1.29, 1.82) is 0 Å². The van der Waals surface area contributed by atoms with E-state index < -0.39 is 0 Å². The summed E-state index contributed by atoms with van der Waals surface area (Å²) < 4.78 is 0.174. The third kappa shape index (κ3) is 7.68. The first kappa shape index (κ1) is 20.3. The maximum absolute atomic E-state index is 10.6. The van der Waals surface area contributed by atoms with Gasteiger partial charge in [0.1, 0.15) is 0 Å². The van der Waals surface area contributed by atoms with E-state index in [0.717, 1.165) is 43.9 Å². The van der Waals surface area contributed by atoms with E-state index in [9.17, 15) is 10.1 Å². The molecule has 0 aliphatic rings. The number of thioether (sulfide) groups is 1. The molecule has 7 heteroatoms. The third-order valence-corrected chi connectivity index (χ3v) is 5.04. The molecule has 24 heavy (non-hydrogen) atoms. The molecule has 0 radical (unpaired) electrons. The van der Waals surface area contributed by atoms with Crippen LogP contribution in [0, 0.1) is 10.1 Å². The minimum Gasteiger partial charge on any atom is -0.356 e. The van der Waals surface area contributed by atoms with Gasteiger partial charge >= 0.3 is 0 Å². The van der Waals surface area contributed by atoms with E-state index in [4.69, 9.17) is 0 Å². The molecule has 0 unspecified atom stereocenters. The van der Waals surface area contributed by atoms with Gasteiger partial charge in [0, 0.05) is 37.0 Å². The SMILES string of the molecule is CN=C(NCCCCc1ccc([N+](=O)[O-])cc1)NCC(C)(C)SC. The van der Waals surface area contributed by atoms with Gasteiger partial charge in [-0.25, -0.2) is 0 Å². The lowest BCUT2D eigenvalue weighted by atomic mass is 10.1. The van der Waals surface area contributed by atoms with Crippen molar-refractivity contribution >= 4 is 23.4 Å². The van der Waals surface area contributed by atoms with E-state index in [0.29, 0.717) is 0 Å². The van der Waals surface area contributed by atoms with Crippen LogP contribution in [0.2, 0.25) is 0 Å². The number of hydrogen-bond donors (Lipinski definition) is 2. The van der Waals surface area contributed by atoms with E-state index >= 15 is 0 Å². The molecule has 134 valence electrons. The zero-order valence-corrected chi connectivity index (χ0v) is 15.8. The van der Waals surface area contributed by atoms with E-state index in [-0.39, 0.29) is 15.4 Å². The minimum absolute atomic E-state index is 0.142. The second kappa shape index (κ2) is 10.2. The van der Waals surface area contributed by atoms with E-state index in [1.54, 1.807) is 19.2 Å². The van der Waals surface area contributed by atoms with E-state index in [1.807, 2.05) is 23.9 Å². The number of nitro benzene ring substituents is 1. The zero-order valence-electron chi connectivity index (χ0n) is 15.0. The molecule has 1 rings (SSSR count). The number of aliphatic imine (C=N–C) groups is 1. The van der Waals surface area contributed by atoms with Crippen LogP contribution < -0.4 is 10.6 Å². The van der Waals surface area contributed by atoms with Gasteiger partial charge in [0.05, 0.1) is 4.92 Å². The molecular weight excluding hydrogens is 324 g/mol. The third-order valence-electron chi connectivity index (χ3n) is 3.79. The van der Waals surface area contributed by atoms with Crippen LogP contribution in [0.1, 0.15) is 32.3 Å². The lowest BCUT2D eigenvalue weighted by Gasteiger charge is -2.23. The van der Waals surface area contributed by atoms with Gasteiger partial charge in [0.25, 0.3) is 5.69 Å². The predicted molar refractivity (Wildman–Crippen MR) is 103 cm³/mol. The smallest absolute Gasteiger partial charge is 0.269 e. The Morgan fingerprint density at radius 2 is 1.92 bits per heavy atom. The Hall–Kier alpha value is -1.76. The van der Waals surface area contributed by atoms with Crippen molar-refractivity contribution in [3.8, 4) is 0 Å². The summed E-state index contributed by atoms with van der Waals surface area (Å²) in [6, 6.07) is 6.78. The average Bonchev–Trinajstić information content (AvgIpc) is 2.57. The Kier molecular flexibility index (Phi) is 8.60. The molecule has 0 heterocycles. The summed E-state index contributed by atoms with van der Waals surface area (Å²) in [4.78, 5) is 14.5. The van der Waals surface area contributed by atoms with Crippen molar-refractivity contribution in [3.63, 3.8) is 0 Å². The molecule has 0 saturated heterocycles. The highest BCUT2D eigenvalue weighted by Crippen LogP contribution is 2.19. The van der Waals surface area contributed by atoms with Crippen LogP contribution in [0.3, 0.4) is 0 Å². The Labute approximate surface area is 148 Å². The number of unbranched alkanes of at least 4 members (excludes halogenated alkanes) is 1.